The van der Waals surface area contributed by atoms with Crippen molar-refractivity contribution in [2.24, 2.45) is 0 Å². The van der Waals surface area contributed by atoms with E-state index in [9.17, 15) is 4.79 Å². The van der Waals surface area contributed by atoms with Gasteiger partial charge in [0.25, 0.3) is 5.91 Å². The minimum absolute atomic E-state index is 0.0731. The number of aromatic nitrogens is 1. The summed E-state index contributed by atoms with van der Waals surface area (Å²) >= 11 is 4.90. The Morgan fingerprint density at radius 2 is 2.04 bits per heavy atom. The van der Waals surface area contributed by atoms with E-state index in [1.807, 2.05) is 23.1 Å². The Morgan fingerprint density at radius 1 is 1.22 bits per heavy atom. The number of fused-ring (bicyclic) bond motifs is 1. The normalized spacial score (nSPS) is 13.9. The summed E-state index contributed by atoms with van der Waals surface area (Å²) in [6.07, 6.45) is 0.784. The lowest BCUT2D eigenvalue weighted by Crippen LogP contribution is -2.35. The summed E-state index contributed by atoms with van der Waals surface area (Å²) in [6, 6.07) is 13.6. The summed E-state index contributed by atoms with van der Waals surface area (Å²) in [4.78, 5) is 20.2. The maximum Gasteiger partial charge on any atom is 0.289 e. The van der Waals surface area contributed by atoms with Crippen molar-refractivity contribution in [1.29, 1.82) is 0 Å². The molecule has 0 aliphatic carbocycles. The van der Waals surface area contributed by atoms with Crippen molar-refractivity contribution in [1.82, 2.24) is 9.88 Å². The van der Waals surface area contributed by atoms with E-state index < -0.39 is 0 Å². The number of amides is 1. The van der Waals surface area contributed by atoms with Gasteiger partial charge in [0.15, 0.2) is 10.4 Å². The fraction of sp³-hybridized carbons (Fsp3) is 0.176. The van der Waals surface area contributed by atoms with Crippen molar-refractivity contribution in [3.8, 4) is 10.6 Å². The van der Waals surface area contributed by atoms with Crippen LogP contribution in [0.15, 0.2) is 51.6 Å². The zero-order valence-corrected chi connectivity index (χ0v) is 14.6. The Labute approximate surface area is 145 Å². The van der Waals surface area contributed by atoms with Crippen LogP contribution in [0.5, 0.6) is 0 Å². The fourth-order valence-electron chi connectivity index (χ4n) is 2.66. The van der Waals surface area contributed by atoms with E-state index in [1.165, 1.54) is 0 Å². The Bertz CT molecular complexity index is 857. The van der Waals surface area contributed by atoms with Crippen LogP contribution in [0, 0.1) is 0 Å². The van der Waals surface area contributed by atoms with Gasteiger partial charge in [-0.25, -0.2) is 4.98 Å². The van der Waals surface area contributed by atoms with E-state index in [0.717, 1.165) is 27.6 Å². The minimum Gasteiger partial charge on any atom is -0.444 e. The molecule has 2 aromatic heterocycles. The molecule has 0 bridgehead atoms. The van der Waals surface area contributed by atoms with Crippen LogP contribution in [0.2, 0.25) is 0 Å². The first-order valence-corrected chi connectivity index (χ1v) is 8.90. The second-order valence-corrected chi connectivity index (χ2v) is 7.20. The zero-order chi connectivity index (χ0) is 15.8. The number of carbonyl (C=O) groups excluding carboxylic acids is 1. The molecule has 4 rings (SSSR count). The first-order chi connectivity index (χ1) is 11.2. The van der Waals surface area contributed by atoms with Gasteiger partial charge < -0.3 is 9.32 Å². The van der Waals surface area contributed by atoms with Crippen molar-refractivity contribution in [3.63, 3.8) is 0 Å². The SMILES string of the molecule is O=C(c1ccc(Br)o1)N1CCc2nc(-c3ccccc3)sc2C1. The molecule has 0 spiro atoms. The van der Waals surface area contributed by atoms with E-state index in [4.69, 9.17) is 9.40 Å². The molecule has 0 radical (unpaired) electrons. The van der Waals surface area contributed by atoms with Gasteiger partial charge in [0.1, 0.15) is 5.01 Å². The molecule has 6 heteroatoms. The number of furan rings is 1. The molecule has 1 aliphatic heterocycles. The van der Waals surface area contributed by atoms with Gasteiger partial charge in [-0.05, 0) is 28.1 Å². The van der Waals surface area contributed by atoms with Gasteiger partial charge in [0, 0.05) is 23.4 Å². The highest BCUT2D eigenvalue weighted by molar-refractivity contribution is 9.10. The van der Waals surface area contributed by atoms with E-state index in [0.29, 0.717) is 23.5 Å². The number of hydrogen-bond acceptors (Lipinski definition) is 4. The number of carbonyl (C=O) groups is 1. The lowest BCUT2D eigenvalue weighted by Gasteiger charge is -2.25. The molecular weight excluding hydrogens is 376 g/mol. The monoisotopic (exact) mass is 388 g/mol. The summed E-state index contributed by atoms with van der Waals surface area (Å²) in [7, 11) is 0. The van der Waals surface area contributed by atoms with Gasteiger partial charge in [-0.15, -0.1) is 11.3 Å². The molecule has 1 aliphatic rings. The van der Waals surface area contributed by atoms with Crippen LogP contribution in [0.1, 0.15) is 21.1 Å². The predicted octanol–water partition coefficient (Wildman–Crippen LogP) is 4.36. The van der Waals surface area contributed by atoms with Gasteiger partial charge >= 0.3 is 0 Å². The molecule has 23 heavy (non-hydrogen) atoms. The van der Waals surface area contributed by atoms with Crippen molar-refractivity contribution >= 4 is 33.2 Å². The summed E-state index contributed by atoms with van der Waals surface area (Å²) in [6.45, 7) is 1.26. The molecule has 0 N–H and O–H groups in total. The van der Waals surface area contributed by atoms with Gasteiger partial charge in [0.2, 0.25) is 0 Å². The Balaban J connectivity index is 1.58. The highest BCUT2D eigenvalue weighted by Crippen LogP contribution is 2.32. The topological polar surface area (TPSA) is 46.3 Å². The summed E-state index contributed by atoms with van der Waals surface area (Å²) in [5, 5.41) is 1.02. The van der Waals surface area contributed by atoms with E-state index in [2.05, 4.69) is 28.1 Å². The van der Waals surface area contributed by atoms with Gasteiger partial charge in [-0.2, -0.15) is 0 Å². The maximum atomic E-state index is 12.5. The smallest absolute Gasteiger partial charge is 0.289 e. The second kappa shape index (κ2) is 5.94. The Kier molecular flexibility index (Phi) is 3.79. The van der Waals surface area contributed by atoms with Crippen molar-refractivity contribution < 1.29 is 9.21 Å². The molecule has 1 amide bonds. The maximum absolute atomic E-state index is 12.5. The summed E-state index contributed by atoms with van der Waals surface area (Å²) in [5.41, 5.74) is 2.23. The fourth-order valence-corrected chi connectivity index (χ4v) is 4.09. The first-order valence-electron chi connectivity index (χ1n) is 7.29. The van der Waals surface area contributed by atoms with Gasteiger partial charge in [-0.3, -0.25) is 4.79 Å². The number of benzene rings is 1. The van der Waals surface area contributed by atoms with Crippen LogP contribution < -0.4 is 0 Å². The standard InChI is InChI=1S/C17H13BrN2O2S/c18-15-7-6-13(22-15)17(21)20-9-8-12-14(10-20)23-16(19-12)11-4-2-1-3-5-11/h1-7H,8-10H2. The van der Waals surface area contributed by atoms with Gasteiger partial charge in [-0.1, -0.05) is 30.3 Å². The highest BCUT2D eigenvalue weighted by Gasteiger charge is 2.26. The molecule has 1 aromatic carbocycles. The van der Waals surface area contributed by atoms with Crippen LogP contribution in [-0.2, 0) is 13.0 Å². The number of nitrogens with zero attached hydrogens (tertiary/aromatic N) is 2. The van der Waals surface area contributed by atoms with E-state index >= 15 is 0 Å². The van der Waals surface area contributed by atoms with E-state index in [1.54, 1.807) is 23.5 Å². The zero-order valence-electron chi connectivity index (χ0n) is 12.2. The molecule has 4 nitrogen and oxygen atoms in total. The third-order valence-electron chi connectivity index (χ3n) is 3.82. The molecule has 0 unspecified atom stereocenters. The third-order valence-corrected chi connectivity index (χ3v) is 5.38. The molecular formula is C17H13BrN2O2S. The average Bonchev–Trinajstić information content (AvgIpc) is 3.20. The largest absolute Gasteiger partial charge is 0.444 e. The summed E-state index contributed by atoms with van der Waals surface area (Å²) < 4.78 is 5.95. The Morgan fingerprint density at radius 3 is 2.78 bits per heavy atom. The van der Waals surface area contributed by atoms with Crippen LogP contribution in [-0.4, -0.2) is 22.3 Å². The molecule has 0 saturated carbocycles. The third kappa shape index (κ3) is 2.84. The quantitative estimate of drug-likeness (QED) is 0.654. The average molecular weight is 389 g/mol. The van der Waals surface area contributed by atoms with Crippen molar-refractivity contribution in [2.75, 3.05) is 6.54 Å². The van der Waals surface area contributed by atoms with Crippen LogP contribution in [0.25, 0.3) is 10.6 Å². The number of hydrogen-bond donors (Lipinski definition) is 0. The minimum atomic E-state index is -0.0731. The lowest BCUT2D eigenvalue weighted by molar-refractivity contribution is 0.0702. The van der Waals surface area contributed by atoms with Crippen LogP contribution in [0.3, 0.4) is 0 Å². The molecule has 0 fully saturated rings. The van der Waals surface area contributed by atoms with Crippen LogP contribution >= 0.6 is 27.3 Å². The first kappa shape index (κ1) is 14.7. The predicted molar refractivity (Wildman–Crippen MR) is 92.4 cm³/mol. The Hall–Kier alpha value is -1.92. The molecule has 116 valence electrons. The number of rotatable bonds is 2. The molecule has 0 saturated heterocycles. The van der Waals surface area contributed by atoms with Crippen molar-refractivity contribution in [2.45, 2.75) is 13.0 Å². The molecule has 3 aromatic rings. The second-order valence-electron chi connectivity index (χ2n) is 5.34. The number of thiazole rings is 1. The lowest BCUT2D eigenvalue weighted by atomic mass is 10.1. The summed E-state index contributed by atoms with van der Waals surface area (Å²) in [5.74, 6) is 0.295. The highest BCUT2D eigenvalue weighted by atomic mass is 79.9. The van der Waals surface area contributed by atoms with Crippen LogP contribution in [0.4, 0.5) is 0 Å². The van der Waals surface area contributed by atoms with E-state index in [-0.39, 0.29) is 5.91 Å². The molecule has 0 atom stereocenters. The van der Waals surface area contributed by atoms with Gasteiger partial charge in [0.05, 0.1) is 12.2 Å². The van der Waals surface area contributed by atoms with Crippen molar-refractivity contribution in [3.05, 3.63) is 63.5 Å². The molecule has 3 heterocycles. The number of halogens is 1.